The fourth-order valence-electron chi connectivity index (χ4n) is 1.40. The van der Waals surface area contributed by atoms with Gasteiger partial charge in [0.15, 0.2) is 0 Å². The lowest BCUT2D eigenvalue weighted by Gasteiger charge is -2.21. The summed E-state index contributed by atoms with van der Waals surface area (Å²) in [6.45, 7) is 4.24. The molecule has 84 valence electrons. The second-order valence-electron chi connectivity index (χ2n) is 4.08. The van der Waals surface area contributed by atoms with E-state index >= 15 is 0 Å². The van der Waals surface area contributed by atoms with Gasteiger partial charge >= 0.3 is 0 Å². The summed E-state index contributed by atoms with van der Waals surface area (Å²) in [6, 6.07) is 6.41. The van der Waals surface area contributed by atoms with Crippen LogP contribution in [0.1, 0.15) is 13.8 Å². The van der Waals surface area contributed by atoms with E-state index in [1.165, 1.54) is 0 Å². The maximum atomic E-state index is 4.53. The first-order chi connectivity index (χ1) is 7.58. The van der Waals surface area contributed by atoms with Crippen molar-refractivity contribution in [3.63, 3.8) is 0 Å². The number of rotatable bonds is 2. The molecule has 0 bridgehead atoms. The predicted molar refractivity (Wildman–Crippen MR) is 70.8 cm³/mol. The van der Waals surface area contributed by atoms with Gasteiger partial charge in [-0.3, -0.25) is 0 Å². The lowest BCUT2D eigenvalue weighted by Crippen LogP contribution is -2.27. The Balaban J connectivity index is 2.48. The summed E-state index contributed by atoms with van der Waals surface area (Å²) in [5.41, 5.74) is 0.973. The van der Waals surface area contributed by atoms with Gasteiger partial charge in [-0.2, -0.15) is 0 Å². The van der Waals surface area contributed by atoms with Crippen molar-refractivity contribution in [2.45, 2.75) is 19.9 Å². The molecule has 4 heteroatoms. The van der Waals surface area contributed by atoms with Crippen molar-refractivity contribution in [1.29, 1.82) is 0 Å². The van der Waals surface area contributed by atoms with Crippen LogP contribution in [-0.2, 0) is 0 Å². The van der Waals surface area contributed by atoms with Crippen LogP contribution in [0.4, 0.5) is 5.95 Å². The highest BCUT2D eigenvalue weighted by atomic mass is 79.9. The predicted octanol–water partition coefficient (Wildman–Crippen LogP) is 3.24. The van der Waals surface area contributed by atoms with Crippen molar-refractivity contribution in [1.82, 2.24) is 9.97 Å². The average Bonchev–Trinajstić information content (AvgIpc) is 2.27. The van der Waals surface area contributed by atoms with Crippen molar-refractivity contribution >= 4 is 32.8 Å². The van der Waals surface area contributed by atoms with Crippen LogP contribution in [-0.4, -0.2) is 23.1 Å². The Morgan fingerprint density at radius 3 is 2.75 bits per heavy atom. The number of nitrogens with zero attached hydrogens (tertiary/aromatic N) is 3. The summed E-state index contributed by atoms with van der Waals surface area (Å²) in [7, 11) is 2.00. The molecule has 0 fully saturated rings. The van der Waals surface area contributed by atoms with Gasteiger partial charge in [0.25, 0.3) is 0 Å². The number of fused-ring (bicyclic) bond motifs is 1. The second-order valence-corrected chi connectivity index (χ2v) is 4.99. The van der Waals surface area contributed by atoms with Gasteiger partial charge in [0.05, 0.1) is 5.52 Å². The number of hydrogen-bond acceptors (Lipinski definition) is 3. The molecule has 0 aliphatic carbocycles. The lowest BCUT2D eigenvalue weighted by molar-refractivity contribution is 0.732. The first kappa shape index (κ1) is 11.3. The third-order valence-corrected chi connectivity index (χ3v) is 3.11. The molecule has 0 unspecified atom stereocenters. The third-order valence-electron chi connectivity index (χ3n) is 2.62. The van der Waals surface area contributed by atoms with Crippen molar-refractivity contribution in [2.75, 3.05) is 11.9 Å². The number of hydrogen-bond donors (Lipinski definition) is 0. The topological polar surface area (TPSA) is 29.0 Å². The molecule has 16 heavy (non-hydrogen) atoms. The molecule has 1 aromatic heterocycles. The van der Waals surface area contributed by atoms with Gasteiger partial charge in [-0.1, -0.05) is 15.9 Å². The maximum Gasteiger partial charge on any atom is 0.225 e. The highest BCUT2D eigenvalue weighted by Gasteiger charge is 2.08. The Bertz CT molecular complexity index is 511. The van der Waals surface area contributed by atoms with E-state index in [1.807, 2.05) is 31.4 Å². The Kier molecular flexibility index (Phi) is 3.10. The fraction of sp³-hybridized carbons (Fsp3) is 0.333. The molecule has 0 aliphatic heterocycles. The van der Waals surface area contributed by atoms with Crippen LogP contribution in [0.3, 0.4) is 0 Å². The minimum atomic E-state index is 0.396. The van der Waals surface area contributed by atoms with Crippen molar-refractivity contribution < 1.29 is 0 Å². The van der Waals surface area contributed by atoms with E-state index in [-0.39, 0.29) is 0 Å². The molecule has 1 heterocycles. The van der Waals surface area contributed by atoms with E-state index in [0.29, 0.717) is 6.04 Å². The van der Waals surface area contributed by atoms with Crippen molar-refractivity contribution in [3.8, 4) is 0 Å². The zero-order valence-corrected chi connectivity index (χ0v) is 11.2. The normalized spacial score (nSPS) is 11.1. The monoisotopic (exact) mass is 279 g/mol. The summed E-state index contributed by atoms with van der Waals surface area (Å²) in [5.74, 6) is 0.768. The smallest absolute Gasteiger partial charge is 0.225 e. The highest BCUT2D eigenvalue weighted by Crippen LogP contribution is 2.19. The van der Waals surface area contributed by atoms with E-state index in [4.69, 9.17) is 0 Å². The molecule has 2 rings (SSSR count). The molecule has 3 nitrogen and oxygen atoms in total. The number of anilines is 1. The van der Waals surface area contributed by atoms with Crippen LogP contribution in [0.25, 0.3) is 10.9 Å². The molecular formula is C12H14BrN3. The van der Waals surface area contributed by atoms with Crippen LogP contribution in [0.5, 0.6) is 0 Å². The van der Waals surface area contributed by atoms with Crippen LogP contribution < -0.4 is 4.90 Å². The van der Waals surface area contributed by atoms with Crippen LogP contribution in [0, 0.1) is 0 Å². The Morgan fingerprint density at radius 1 is 1.31 bits per heavy atom. The minimum absolute atomic E-state index is 0.396. The summed E-state index contributed by atoms with van der Waals surface area (Å²) in [6.07, 6.45) is 1.86. The van der Waals surface area contributed by atoms with Gasteiger partial charge < -0.3 is 4.90 Å². The quantitative estimate of drug-likeness (QED) is 0.845. The third kappa shape index (κ3) is 2.16. The van der Waals surface area contributed by atoms with Gasteiger partial charge in [0, 0.05) is 29.1 Å². The number of benzene rings is 1. The highest BCUT2D eigenvalue weighted by molar-refractivity contribution is 9.10. The molecule has 0 saturated heterocycles. The maximum absolute atomic E-state index is 4.53. The summed E-state index contributed by atoms with van der Waals surface area (Å²) < 4.78 is 1.05. The average molecular weight is 280 g/mol. The zero-order valence-electron chi connectivity index (χ0n) is 9.61. The molecular weight excluding hydrogens is 266 g/mol. The molecule has 0 spiro atoms. The van der Waals surface area contributed by atoms with Crippen LogP contribution in [0.2, 0.25) is 0 Å². The summed E-state index contributed by atoms with van der Waals surface area (Å²) in [5, 5.41) is 1.05. The van der Waals surface area contributed by atoms with E-state index in [9.17, 15) is 0 Å². The minimum Gasteiger partial charge on any atom is -0.341 e. The van der Waals surface area contributed by atoms with E-state index in [0.717, 1.165) is 21.3 Å². The van der Waals surface area contributed by atoms with Gasteiger partial charge in [0.1, 0.15) is 0 Å². The van der Waals surface area contributed by atoms with Gasteiger partial charge in [-0.15, -0.1) is 0 Å². The van der Waals surface area contributed by atoms with Gasteiger partial charge in [-0.25, -0.2) is 9.97 Å². The Morgan fingerprint density at radius 2 is 2.06 bits per heavy atom. The molecule has 0 amide bonds. The second kappa shape index (κ2) is 4.37. The zero-order chi connectivity index (χ0) is 11.7. The van der Waals surface area contributed by atoms with E-state index in [1.54, 1.807) is 0 Å². The largest absolute Gasteiger partial charge is 0.341 e. The standard InChI is InChI=1S/C12H14BrN3/c1-8(2)16(3)12-14-7-9-6-10(13)4-5-11(9)15-12/h4-8H,1-3H3. The van der Waals surface area contributed by atoms with Crippen molar-refractivity contribution in [2.24, 2.45) is 0 Å². The number of halogens is 1. The van der Waals surface area contributed by atoms with Gasteiger partial charge in [0.2, 0.25) is 5.95 Å². The lowest BCUT2D eigenvalue weighted by atomic mass is 10.2. The van der Waals surface area contributed by atoms with Crippen LogP contribution >= 0.6 is 15.9 Å². The molecule has 0 atom stereocenters. The Labute approximate surface area is 104 Å². The number of aromatic nitrogens is 2. The molecule has 0 aliphatic rings. The van der Waals surface area contributed by atoms with Crippen molar-refractivity contribution in [3.05, 3.63) is 28.9 Å². The van der Waals surface area contributed by atoms with E-state index in [2.05, 4.69) is 44.6 Å². The molecule has 1 aromatic carbocycles. The first-order valence-corrected chi connectivity index (χ1v) is 6.02. The first-order valence-electron chi connectivity index (χ1n) is 5.23. The SMILES string of the molecule is CC(C)N(C)c1ncc2cc(Br)ccc2n1. The molecule has 2 aromatic rings. The Hall–Kier alpha value is -1.16. The molecule has 0 radical (unpaired) electrons. The summed E-state index contributed by atoms with van der Waals surface area (Å²) in [4.78, 5) is 11.0. The van der Waals surface area contributed by atoms with Crippen LogP contribution in [0.15, 0.2) is 28.9 Å². The molecule has 0 N–H and O–H groups in total. The van der Waals surface area contributed by atoms with Gasteiger partial charge in [-0.05, 0) is 32.0 Å². The van der Waals surface area contributed by atoms with E-state index < -0.39 is 0 Å². The fourth-order valence-corrected chi connectivity index (χ4v) is 1.77. The summed E-state index contributed by atoms with van der Waals surface area (Å²) >= 11 is 3.44. The molecule has 0 saturated carbocycles.